The lowest BCUT2D eigenvalue weighted by atomic mass is 9.89. The van der Waals surface area contributed by atoms with E-state index >= 15 is 0 Å². The summed E-state index contributed by atoms with van der Waals surface area (Å²) in [6, 6.07) is 15.9. The van der Waals surface area contributed by atoms with Crippen molar-refractivity contribution in [2.24, 2.45) is 5.92 Å². The van der Waals surface area contributed by atoms with Crippen LogP contribution in [0.3, 0.4) is 0 Å². The molecule has 2 aromatic rings. The van der Waals surface area contributed by atoms with E-state index in [1.165, 1.54) is 5.56 Å². The number of ether oxygens (including phenoxy) is 2. The summed E-state index contributed by atoms with van der Waals surface area (Å²) < 4.78 is 10.8. The van der Waals surface area contributed by atoms with Gasteiger partial charge in [-0.3, -0.25) is 4.79 Å². The third-order valence-electron chi connectivity index (χ3n) is 4.76. The topological polar surface area (TPSA) is 47.6 Å². The average Bonchev–Trinajstić information content (AvgIpc) is 2.69. The van der Waals surface area contributed by atoms with Gasteiger partial charge >= 0.3 is 0 Å². The van der Waals surface area contributed by atoms with Crippen LogP contribution in [0.2, 0.25) is 0 Å². The summed E-state index contributed by atoms with van der Waals surface area (Å²) in [4.78, 5) is 13.0. The molecule has 5 heteroatoms. The van der Waals surface area contributed by atoms with Crippen LogP contribution < -0.4 is 14.8 Å². The van der Waals surface area contributed by atoms with Gasteiger partial charge in [0, 0.05) is 23.6 Å². The molecule has 140 valence electrons. The van der Waals surface area contributed by atoms with Crippen LogP contribution in [0, 0.1) is 5.92 Å². The van der Waals surface area contributed by atoms with E-state index in [9.17, 15) is 4.79 Å². The first kappa shape index (κ1) is 19.1. The molecule has 0 aromatic heterocycles. The number of methoxy groups -OCH3 is 2. The molecule has 3 rings (SSSR count). The van der Waals surface area contributed by atoms with Gasteiger partial charge in [0.25, 0.3) is 0 Å². The molecule has 0 radical (unpaired) electrons. The van der Waals surface area contributed by atoms with Crippen molar-refractivity contribution in [2.45, 2.75) is 19.3 Å². The van der Waals surface area contributed by atoms with Crippen LogP contribution in [0.15, 0.2) is 54.6 Å². The second kappa shape index (κ2) is 8.82. The highest BCUT2D eigenvalue weighted by molar-refractivity contribution is 7.80. The molecule has 1 aliphatic rings. The molecule has 1 aliphatic heterocycles. The fourth-order valence-electron chi connectivity index (χ4n) is 3.32. The number of thiocarbonyl (C=S) groups is 1. The second-order valence-electron chi connectivity index (χ2n) is 6.51. The van der Waals surface area contributed by atoms with Gasteiger partial charge in [0.1, 0.15) is 11.5 Å². The first-order valence-corrected chi connectivity index (χ1v) is 9.33. The first-order valence-electron chi connectivity index (χ1n) is 8.92. The molecule has 0 fully saturated rings. The Labute approximate surface area is 165 Å². The molecule has 1 unspecified atom stereocenters. The molecule has 0 saturated heterocycles. The molecule has 0 bridgehead atoms. The Hall–Kier alpha value is -2.66. The van der Waals surface area contributed by atoms with Crippen LogP contribution in [-0.2, 0) is 11.2 Å². The zero-order valence-corrected chi connectivity index (χ0v) is 16.3. The molecule has 1 heterocycles. The molecule has 0 aliphatic carbocycles. The van der Waals surface area contributed by atoms with E-state index in [0.29, 0.717) is 10.7 Å². The molecule has 0 saturated carbocycles. The second-order valence-corrected chi connectivity index (χ2v) is 6.95. The van der Waals surface area contributed by atoms with Crippen LogP contribution in [0.25, 0.3) is 5.57 Å². The average molecular weight is 381 g/mol. The normalized spacial score (nSPS) is 19.3. The highest BCUT2D eigenvalue weighted by Crippen LogP contribution is 2.34. The summed E-state index contributed by atoms with van der Waals surface area (Å²) in [6.07, 6.45) is 4.03. The third-order valence-corrected chi connectivity index (χ3v) is 5.20. The molecule has 4 nitrogen and oxygen atoms in total. The van der Waals surface area contributed by atoms with E-state index in [1.807, 2.05) is 36.4 Å². The minimum absolute atomic E-state index is 0.110. The van der Waals surface area contributed by atoms with Gasteiger partial charge in [0.2, 0.25) is 5.91 Å². The smallest absolute Gasteiger partial charge is 0.249 e. The number of carbonyl (C=O) groups excluding carboxylic acids is 1. The van der Waals surface area contributed by atoms with Gasteiger partial charge in [-0.1, -0.05) is 42.5 Å². The molecule has 1 amide bonds. The SMILES string of the molecule is COc1ccc(/C2=C/C(=O)NC(=S)C(Cc3ccccc3)CC2)c(OC)c1. The minimum Gasteiger partial charge on any atom is -0.497 e. The van der Waals surface area contributed by atoms with E-state index in [4.69, 9.17) is 21.7 Å². The number of benzene rings is 2. The Balaban J connectivity index is 1.86. The highest BCUT2D eigenvalue weighted by Gasteiger charge is 2.22. The van der Waals surface area contributed by atoms with E-state index < -0.39 is 0 Å². The largest absolute Gasteiger partial charge is 0.497 e. The van der Waals surface area contributed by atoms with Crippen LogP contribution >= 0.6 is 12.2 Å². The van der Waals surface area contributed by atoms with Gasteiger partial charge in [-0.25, -0.2) is 0 Å². The summed E-state index contributed by atoms with van der Waals surface area (Å²) in [5, 5.41) is 2.86. The zero-order valence-electron chi connectivity index (χ0n) is 15.5. The Kier molecular flexibility index (Phi) is 6.24. The van der Waals surface area contributed by atoms with Crippen LogP contribution in [0.5, 0.6) is 11.5 Å². The number of amides is 1. The maximum absolute atomic E-state index is 12.4. The van der Waals surface area contributed by atoms with Gasteiger partial charge in [-0.05, 0) is 42.5 Å². The Morgan fingerprint density at radius 3 is 2.59 bits per heavy atom. The maximum Gasteiger partial charge on any atom is 0.249 e. The number of hydrogen-bond acceptors (Lipinski definition) is 4. The Morgan fingerprint density at radius 1 is 1.11 bits per heavy atom. The Bertz CT molecular complexity index is 861. The summed E-state index contributed by atoms with van der Waals surface area (Å²) >= 11 is 5.48. The molecular weight excluding hydrogens is 358 g/mol. The number of carbonyl (C=O) groups is 1. The molecule has 1 atom stereocenters. The first-order chi connectivity index (χ1) is 13.1. The van der Waals surface area contributed by atoms with Crippen LogP contribution in [0.4, 0.5) is 0 Å². The Morgan fingerprint density at radius 2 is 1.89 bits per heavy atom. The predicted molar refractivity (Wildman–Crippen MR) is 111 cm³/mol. The lowest BCUT2D eigenvalue weighted by Gasteiger charge is -2.23. The van der Waals surface area contributed by atoms with Crippen molar-refractivity contribution in [3.8, 4) is 11.5 Å². The van der Waals surface area contributed by atoms with E-state index in [1.54, 1.807) is 20.3 Å². The van der Waals surface area contributed by atoms with E-state index in [2.05, 4.69) is 17.4 Å². The summed E-state index contributed by atoms with van der Waals surface area (Å²) in [5.41, 5.74) is 3.06. The van der Waals surface area contributed by atoms with Crippen molar-refractivity contribution in [3.05, 3.63) is 65.7 Å². The van der Waals surface area contributed by atoms with E-state index in [0.717, 1.165) is 36.1 Å². The molecule has 27 heavy (non-hydrogen) atoms. The number of allylic oxidation sites excluding steroid dienone is 1. The van der Waals surface area contributed by atoms with Crippen molar-refractivity contribution in [3.63, 3.8) is 0 Å². The lowest BCUT2D eigenvalue weighted by Crippen LogP contribution is -2.35. The maximum atomic E-state index is 12.4. The summed E-state index contributed by atoms with van der Waals surface area (Å²) in [7, 11) is 3.24. The van der Waals surface area contributed by atoms with Crippen molar-refractivity contribution >= 4 is 28.7 Å². The van der Waals surface area contributed by atoms with Gasteiger partial charge in [0.15, 0.2) is 0 Å². The molecule has 0 spiro atoms. The van der Waals surface area contributed by atoms with E-state index in [-0.39, 0.29) is 11.8 Å². The number of nitrogens with one attached hydrogen (secondary N) is 1. The van der Waals surface area contributed by atoms with Crippen LogP contribution in [-0.4, -0.2) is 25.1 Å². The van der Waals surface area contributed by atoms with Gasteiger partial charge in [0.05, 0.1) is 19.2 Å². The number of hydrogen-bond donors (Lipinski definition) is 1. The lowest BCUT2D eigenvalue weighted by molar-refractivity contribution is -0.115. The van der Waals surface area contributed by atoms with Crippen LogP contribution in [0.1, 0.15) is 24.0 Å². The standard InChI is InChI=1S/C22H23NO3S/c1-25-18-10-11-19(20(14-18)26-2)16-8-9-17(22(27)23-21(24)13-16)12-15-6-4-3-5-7-15/h3-7,10-11,13-14,17H,8-9,12H2,1-2H3,(H,23,24,27)/b16-13+. The van der Waals surface area contributed by atoms with Gasteiger partial charge in [-0.15, -0.1) is 0 Å². The molecule has 2 aromatic carbocycles. The van der Waals surface area contributed by atoms with Crippen molar-refractivity contribution in [2.75, 3.05) is 14.2 Å². The molecule has 1 N–H and O–H groups in total. The highest BCUT2D eigenvalue weighted by atomic mass is 32.1. The van der Waals surface area contributed by atoms with Crippen molar-refractivity contribution in [1.29, 1.82) is 0 Å². The third kappa shape index (κ3) is 4.74. The zero-order chi connectivity index (χ0) is 19.2. The van der Waals surface area contributed by atoms with Crippen molar-refractivity contribution in [1.82, 2.24) is 5.32 Å². The fraction of sp³-hybridized carbons (Fsp3) is 0.273. The molecular formula is C22H23NO3S. The predicted octanol–water partition coefficient (Wildman–Crippen LogP) is 4.18. The minimum atomic E-state index is -0.189. The van der Waals surface area contributed by atoms with Crippen molar-refractivity contribution < 1.29 is 14.3 Å². The fourth-order valence-corrected chi connectivity index (χ4v) is 3.62. The van der Waals surface area contributed by atoms with Gasteiger partial charge in [-0.2, -0.15) is 0 Å². The summed E-state index contributed by atoms with van der Waals surface area (Å²) in [5.74, 6) is 1.33. The monoisotopic (exact) mass is 381 g/mol. The quantitative estimate of drug-likeness (QED) is 0.789. The number of rotatable bonds is 5. The summed E-state index contributed by atoms with van der Waals surface area (Å²) in [6.45, 7) is 0. The van der Waals surface area contributed by atoms with Gasteiger partial charge < -0.3 is 14.8 Å².